The van der Waals surface area contributed by atoms with E-state index in [9.17, 15) is 9.50 Å². The SMILES string of the molecule is CC[C@H](N)[C@@H](O)c1ccc(F)c(Cl)c1. The number of aliphatic hydroxyl groups is 1. The Morgan fingerprint density at radius 2 is 2.21 bits per heavy atom. The van der Waals surface area contributed by atoms with Crippen molar-refractivity contribution in [2.45, 2.75) is 25.5 Å². The minimum absolute atomic E-state index is 0.00449. The molecule has 0 bridgehead atoms. The van der Waals surface area contributed by atoms with E-state index in [-0.39, 0.29) is 11.1 Å². The third-order valence-corrected chi connectivity index (χ3v) is 2.45. The Morgan fingerprint density at radius 1 is 1.57 bits per heavy atom. The van der Waals surface area contributed by atoms with Gasteiger partial charge in [0.2, 0.25) is 0 Å². The molecule has 1 aromatic rings. The van der Waals surface area contributed by atoms with Gasteiger partial charge in [-0.1, -0.05) is 24.6 Å². The second-order valence-corrected chi connectivity index (χ2v) is 3.60. The van der Waals surface area contributed by atoms with E-state index >= 15 is 0 Å². The van der Waals surface area contributed by atoms with Crippen LogP contribution >= 0.6 is 11.6 Å². The van der Waals surface area contributed by atoms with Crippen molar-refractivity contribution in [1.82, 2.24) is 0 Å². The molecule has 0 aliphatic rings. The topological polar surface area (TPSA) is 46.2 Å². The van der Waals surface area contributed by atoms with Gasteiger partial charge in [0.15, 0.2) is 0 Å². The van der Waals surface area contributed by atoms with Gasteiger partial charge >= 0.3 is 0 Å². The van der Waals surface area contributed by atoms with Gasteiger partial charge in [0, 0.05) is 6.04 Å². The minimum Gasteiger partial charge on any atom is -0.387 e. The van der Waals surface area contributed by atoms with Gasteiger partial charge in [0.1, 0.15) is 5.82 Å². The molecule has 0 unspecified atom stereocenters. The normalized spacial score (nSPS) is 15.2. The Hall–Kier alpha value is -0.640. The summed E-state index contributed by atoms with van der Waals surface area (Å²) in [5.74, 6) is -0.493. The zero-order valence-electron chi connectivity index (χ0n) is 7.87. The molecule has 2 nitrogen and oxygen atoms in total. The number of nitrogens with two attached hydrogens (primary N) is 1. The Bertz CT molecular complexity index is 319. The zero-order valence-corrected chi connectivity index (χ0v) is 8.63. The summed E-state index contributed by atoms with van der Waals surface area (Å²) in [7, 11) is 0. The molecule has 0 fully saturated rings. The van der Waals surface area contributed by atoms with Crippen molar-refractivity contribution >= 4 is 11.6 Å². The highest BCUT2D eigenvalue weighted by molar-refractivity contribution is 6.30. The first kappa shape index (κ1) is 11.4. The molecule has 2 atom stereocenters. The van der Waals surface area contributed by atoms with Crippen molar-refractivity contribution in [3.05, 3.63) is 34.6 Å². The van der Waals surface area contributed by atoms with E-state index in [0.29, 0.717) is 12.0 Å². The van der Waals surface area contributed by atoms with Gasteiger partial charge in [-0.3, -0.25) is 0 Å². The Morgan fingerprint density at radius 3 is 2.71 bits per heavy atom. The van der Waals surface area contributed by atoms with Gasteiger partial charge in [0.25, 0.3) is 0 Å². The average Bonchev–Trinajstić information content (AvgIpc) is 2.20. The van der Waals surface area contributed by atoms with Crippen LogP contribution in [0.15, 0.2) is 18.2 Å². The number of benzene rings is 1. The summed E-state index contributed by atoms with van der Waals surface area (Å²) in [5.41, 5.74) is 6.20. The van der Waals surface area contributed by atoms with Crippen LogP contribution in [0, 0.1) is 5.82 Å². The molecule has 3 N–H and O–H groups in total. The van der Waals surface area contributed by atoms with Crippen LogP contribution in [0.3, 0.4) is 0 Å². The lowest BCUT2D eigenvalue weighted by atomic mass is 10.0. The van der Waals surface area contributed by atoms with Gasteiger partial charge in [-0.05, 0) is 24.1 Å². The third-order valence-electron chi connectivity index (χ3n) is 2.16. The molecule has 0 saturated carbocycles. The number of rotatable bonds is 3. The van der Waals surface area contributed by atoms with Crippen molar-refractivity contribution in [3.63, 3.8) is 0 Å². The van der Waals surface area contributed by atoms with Crippen molar-refractivity contribution in [2.75, 3.05) is 0 Å². The van der Waals surface area contributed by atoms with E-state index in [1.165, 1.54) is 18.2 Å². The van der Waals surface area contributed by atoms with Crippen molar-refractivity contribution in [3.8, 4) is 0 Å². The largest absolute Gasteiger partial charge is 0.387 e. The van der Waals surface area contributed by atoms with Gasteiger partial charge in [-0.25, -0.2) is 4.39 Å². The second kappa shape index (κ2) is 4.73. The predicted octanol–water partition coefficient (Wildman–Crippen LogP) is 2.25. The van der Waals surface area contributed by atoms with Crippen LogP contribution in [0.5, 0.6) is 0 Å². The van der Waals surface area contributed by atoms with E-state index in [4.69, 9.17) is 17.3 Å². The smallest absolute Gasteiger partial charge is 0.141 e. The Kier molecular flexibility index (Phi) is 3.86. The monoisotopic (exact) mass is 217 g/mol. The standard InChI is InChI=1S/C10H13ClFNO/c1-2-9(13)10(14)6-3-4-8(12)7(11)5-6/h3-5,9-10,14H,2,13H2,1H3/t9-,10-/m0/s1. The van der Waals surface area contributed by atoms with Gasteiger partial charge in [-0.15, -0.1) is 0 Å². The lowest BCUT2D eigenvalue weighted by Crippen LogP contribution is -2.27. The zero-order chi connectivity index (χ0) is 10.7. The maximum absolute atomic E-state index is 12.8. The molecule has 0 aliphatic heterocycles. The molecule has 0 saturated heterocycles. The summed E-state index contributed by atoms with van der Waals surface area (Å²) < 4.78 is 12.8. The van der Waals surface area contributed by atoms with Crippen molar-refractivity contribution in [2.24, 2.45) is 5.73 Å². The molecule has 4 heteroatoms. The molecule has 78 valence electrons. The van der Waals surface area contributed by atoms with Crippen molar-refractivity contribution in [1.29, 1.82) is 0 Å². The maximum Gasteiger partial charge on any atom is 0.141 e. The molecular formula is C10H13ClFNO. The highest BCUT2D eigenvalue weighted by Gasteiger charge is 2.15. The van der Waals surface area contributed by atoms with E-state index in [2.05, 4.69) is 0 Å². The molecule has 1 rings (SSSR count). The van der Waals surface area contributed by atoms with Crippen LogP contribution in [0.4, 0.5) is 4.39 Å². The molecule has 1 aromatic carbocycles. The molecule has 0 spiro atoms. The minimum atomic E-state index is -0.793. The maximum atomic E-state index is 12.8. The molecule has 0 radical (unpaired) electrons. The Balaban J connectivity index is 2.91. The van der Waals surface area contributed by atoms with Gasteiger partial charge < -0.3 is 10.8 Å². The molecule has 0 aliphatic carbocycles. The highest BCUT2D eigenvalue weighted by atomic mass is 35.5. The second-order valence-electron chi connectivity index (χ2n) is 3.19. The quantitative estimate of drug-likeness (QED) is 0.816. The van der Waals surface area contributed by atoms with Crippen LogP contribution in [-0.4, -0.2) is 11.1 Å². The lowest BCUT2D eigenvalue weighted by molar-refractivity contribution is 0.144. The molecular weight excluding hydrogens is 205 g/mol. The van der Waals surface area contributed by atoms with Crippen LogP contribution in [0.1, 0.15) is 25.0 Å². The van der Waals surface area contributed by atoms with E-state index < -0.39 is 11.9 Å². The molecule has 0 heterocycles. The average molecular weight is 218 g/mol. The molecule has 0 amide bonds. The number of aliphatic hydroxyl groups excluding tert-OH is 1. The third kappa shape index (κ3) is 2.44. The van der Waals surface area contributed by atoms with Crippen LogP contribution < -0.4 is 5.73 Å². The first-order valence-electron chi connectivity index (χ1n) is 4.44. The lowest BCUT2D eigenvalue weighted by Gasteiger charge is -2.17. The fourth-order valence-electron chi connectivity index (χ4n) is 1.17. The summed E-state index contributed by atoms with van der Waals surface area (Å²) in [4.78, 5) is 0. The summed E-state index contributed by atoms with van der Waals surface area (Å²) >= 11 is 5.58. The highest BCUT2D eigenvalue weighted by Crippen LogP contribution is 2.23. The summed E-state index contributed by atoms with van der Waals surface area (Å²) in [6.45, 7) is 1.87. The number of hydrogen-bond acceptors (Lipinski definition) is 2. The van der Waals surface area contributed by atoms with E-state index in [1.54, 1.807) is 0 Å². The number of halogens is 2. The van der Waals surface area contributed by atoms with Crippen LogP contribution in [0.2, 0.25) is 5.02 Å². The first-order chi connectivity index (χ1) is 6.56. The van der Waals surface area contributed by atoms with Gasteiger partial charge in [-0.2, -0.15) is 0 Å². The Labute approximate surface area is 87.5 Å². The van der Waals surface area contributed by atoms with Crippen LogP contribution in [-0.2, 0) is 0 Å². The summed E-state index contributed by atoms with van der Waals surface area (Å²) in [6.07, 6.45) is -0.144. The number of hydrogen-bond donors (Lipinski definition) is 2. The first-order valence-corrected chi connectivity index (χ1v) is 4.82. The van der Waals surface area contributed by atoms with E-state index in [0.717, 1.165) is 0 Å². The molecule has 0 aromatic heterocycles. The summed E-state index contributed by atoms with van der Waals surface area (Å²) in [6, 6.07) is 3.76. The van der Waals surface area contributed by atoms with E-state index in [1.807, 2.05) is 6.92 Å². The summed E-state index contributed by atoms with van der Waals surface area (Å²) in [5, 5.41) is 9.70. The predicted molar refractivity (Wildman–Crippen MR) is 54.6 cm³/mol. The fourth-order valence-corrected chi connectivity index (χ4v) is 1.36. The fraction of sp³-hybridized carbons (Fsp3) is 0.400. The van der Waals surface area contributed by atoms with Gasteiger partial charge in [0.05, 0.1) is 11.1 Å². The molecule has 14 heavy (non-hydrogen) atoms. The van der Waals surface area contributed by atoms with Crippen molar-refractivity contribution < 1.29 is 9.50 Å². The van der Waals surface area contributed by atoms with Crippen LogP contribution in [0.25, 0.3) is 0 Å².